The molecular weight excluding hydrogens is 244 g/mol. The molecule has 0 heterocycles. The second-order valence-electron chi connectivity index (χ2n) is 2.83. The first-order chi connectivity index (χ1) is 8.26. The van der Waals surface area contributed by atoms with E-state index in [9.17, 15) is 9.59 Å². The number of methoxy groups -OCH3 is 1. The number of hydrogen-bond donors (Lipinski definition) is 4. The molecule has 0 saturated heterocycles. The molecule has 0 unspecified atom stereocenters. The highest BCUT2D eigenvalue weighted by atomic mass is 16.5. The maximum Gasteiger partial charge on any atom is 0.332 e. The van der Waals surface area contributed by atoms with Crippen LogP contribution in [0.2, 0.25) is 0 Å². The molecule has 0 aliphatic carbocycles. The molecule has 0 saturated carbocycles. The Morgan fingerprint density at radius 2 is 1.67 bits per heavy atom. The number of aliphatic hydroxyl groups excluding tert-OH is 3. The van der Waals surface area contributed by atoms with Crippen molar-refractivity contribution >= 4 is 11.9 Å². The summed E-state index contributed by atoms with van der Waals surface area (Å²) in [6, 6.07) is 0. The topological polar surface area (TPSA) is 124 Å². The summed E-state index contributed by atoms with van der Waals surface area (Å²) in [5.41, 5.74) is 0.433. The monoisotopic (exact) mass is 264 g/mol. The number of rotatable bonds is 4. The molecular formula is C11H20O7. The number of ether oxygens (including phenoxy) is 1. The van der Waals surface area contributed by atoms with Crippen molar-refractivity contribution in [3.63, 3.8) is 0 Å². The van der Waals surface area contributed by atoms with E-state index in [1.807, 2.05) is 0 Å². The van der Waals surface area contributed by atoms with E-state index in [2.05, 4.69) is 17.9 Å². The molecule has 0 bridgehead atoms. The number of hydrogen-bond acceptors (Lipinski definition) is 6. The van der Waals surface area contributed by atoms with Crippen LogP contribution in [0.1, 0.15) is 6.92 Å². The van der Waals surface area contributed by atoms with Gasteiger partial charge in [-0.2, -0.15) is 0 Å². The van der Waals surface area contributed by atoms with Gasteiger partial charge in [0.15, 0.2) is 0 Å². The van der Waals surface area contributed by atoms with Gasteiger partial charge in [-0.05, 0) is 6.92 Å². The number of carbonyl (C=O) groups is 2. The predicted octanol–water partition coefficient (Wildman–Crippen LogP) is -0.676. The molecule has 4 N–H and O–H groups in total. The van der Waals surface area contributed by atoms with E-state index < -0.39 is 12.1 Å². The summed E-state index contributed by atoms with van der Waals surface area (Å²) in [4.78, 5) is 19.4. The largest absolute Gasteiger partial charge is 0.478 e. The van der Waals surface area contributed by atoms with Gasteiger partial charge in [-0.15, -0.1) is 0 Å². The molecule has 106 valence electrons. The normalized spacial score (nSPS) is 8.11. The van der Waals surface area contributed by atoms with Crippen LogP contribution >= 0.6 is 0 Å². The highest BCUT2D eigenvalue weighted by Crippen LogP contribution is 1.87. The lowest BCUT2D eigenvalue weighted by molar-refractivity contribution is -0.136. The number of aliphatic hydroxyl groups is 3. The Bertz CT molecular complexity index is 256. The zero-order valence-electron chi connectivity index (χ0n) is 10.5. The zero-order chi connectivity index (χ0) is 15.1. The number of carboxylic acid groups (broad SMARTS) is 1. The van der Waals surface area contributed by atoms with Gasteiger partial charge in [0.1, 0.15) is 6.10 Å². The van der Waals surface area contributed by atoms with Gasteiger partial charge in [-0.25, -0.2) is 9.59 Å². The maximum absolute atomic E-state index is 10.2. The lowest BCUT2D eigenvalue weighted by atomic mass is 10.4. The first kappa shape index (κ1) is 21.6. The van der Waals surface area contributed by atoms with Gasteiger partial charge in [-0.1, -0.05) is 13.2 Å². The number of carbonyl (C=O) groups excluding carboxylic acids is 1. The van der Waals surface area contributed by atoms with Gasteiger partial charge in [0.2, 0.25) is 0 Å². The first-order valence-electron chi connectivity index (χ1n) is 4.75. The first-order valence-corrected chi connectivity index (χ1v) is 4.75. The van der Waals surface area contributed by atoms with Gasteiger partial charge < -0.3 is 25.2 Å². The average molecular weight is 264 g/mol. The van der Waals surface area contributed by atoms with Gasteiger partial charge in [0, 0.05) is 11.6 Å². The fraction of sp³-hybridized carbons (Fsp3) is 0.455. The van der Waals surface area contributed by atoms with E-state index in [1.165, 1.54) is 7.11 Å². The van der Waals surface area contributed by atoms with E-state index in [0.29, 0.717) is 5.57 Å². The van der Waals surface area contributed by atoms with Crippen LogP contribution in [0.4, 0.5) is 0 Å². The molecule has 0 aliphatic heterocycles. The smallest absolute Gasteiger partial charge is 0.332 e. The third kappa shape index (κ3) is 23.8. The summed E-state index contributed by atoms with van der Waals surface area (Å²) in [5.74, 6) is -1.33. The SMILES string of the molecule is C=C(C)C(=O)OC.C=CC(=O)O.OCC(O)CO. The van der Waals surface area contributed by atoms with Crippen molar-refractivity contribution in [2.75, 3.05) is 20.3 Å². The molecule has 0 aromatic rings. The second-order valence-corrected chi connectivity index (χ2v) is 2.83. The molecule has 0 rings (SSSR count). The molecule has 18 heavy (non-hydrogen) atoms. The average Bonchev–Trinajstić information content (AvgIpc) is 2.37. The van der Waals surface area contributed by atoms with Crippen LogP contribution in [0.15, 0.2) is 24.8 Å². The van der Waals surface area contributed by atoms with Crippen molar-refractivity contribution < 1.29 is 34.8 Å². The second kappa shape index (κ2) is 15.3. The molecule has 7 nitrogen and oxygen atoms in total. The third-order valence-electron chi connectivity index (χ3n) is 1.13. The van der Waals surface area contributed by atoms with E-state index in [1.54, 1.807) is 6.92 Å². The Balaban J connectivity index is -0.000000190. The Hall–Kier alpha value is -1.70. The van der Waals surface area contributed by atoms with Crippen molar-refractivity contribution in [2.24, 2.45) is 0 Å². The Morgan fingerprint density at radius 1 is 1.33 bits per heavy atom. The summed E-state index contributed by atoms with van der Waals surface area (Å²) in [5, 5.41) is 31.6. The predicted molar refractivity (Wildman–Crippen MR) is 64.8 cm³/mol. The van der Waals surface area contributed by atoms with Crippen molar-refractivity contribution in [3.8, 4) is 0 Å². The fourth-order valence-corrected chi connectivity index (χ4v) is 0.232. The number of esters is 1. The molecule has 0 aromatic carbocycles. The standard InChI is InChI=1S/C5H8O2.C3H8O3.C3H4O2/c1-4(2)5(6)7-3;4-1-3(6)2-5;1-2-3(4)5/h1H2,2-3H3;3-6H,1-2H2;2H,1H2,(H,4,5). The van der Waals surface area contributed by atoms with Crippen LogP contribution in [-0.4, -0.2) is 58.8 Å². The Labute approximate surface area is 106 Å². The van der Waals surface area contributed by atoms with Gasteiger partial charge in [0.25, 0.3) is 0 Å². The Morgan fingerprint density at radius 3 is 1.67 bits per heavy atom. The van der Waals surface area contributed by atoms with Crippen molar-refractivity contribution in [3.05, 3.63) is 24.8 Å². The zero-order valence-corrected chi connectivity index (χ0v) is 10.5. The van der Waals surface area contributed by atoms with Gasteiger partial charge in [-0.3, -0.25) is 0 Å². The molecule has 7 heteroatoms. The molecule has 0 amide bonds. The molecule has 0 radical (unpaired) electrons. The minimum Gasteiger partial charge on any atom is -0.478 e. The van der Waals surface area contributed by atoms with E-state index in [4.69, 9.17) is 20.4 Å². The molecule has 0 spiro atoms. The quantitative estimate of drug-likeness (QED) is 0.392. The van der Waals surface area contributed by atoms with E-state index in [-0.39, 0.29) is 19.2 Å². The summed E-state index contributed by atoms with van der Waals surface area (Å²) in [6.07, 6.45) is -0.120. The van der Waals surface area contributed by atoms with Crippen LogP contribution < -0.4 is 0 Å². The van der Waals surface area contributed by atoms with E-state index in [0.717, 1.165) is 6.08 Å². The highest BCUT2D eigenvalue weighted by molar-refractivity contribution is 5.86. The van der Waals surface area contributed by atoms with Crippen LogP contribution in [0.5, 0.6) is 0 Å². The fourth-order valence-electron chi connectivity index (χ4n) is 0.232. The number of carboxylic acids is 1. The Kier molecular flexibility index (Phi) is 18.3. The van der Waals surface area contributed by atoms with Crippen LogP contribution in [0.3, 0.4) is 0 Å². The summed E-state index contributed by atoms with van der Waals surface area (Å²) in [7, 11) is 1.33. The molecule has 0 aliphatic rings. The lowest BCUT2D eigenvalue weighted by Crippen LogP contribution is -2.15. The van der Waals surface area contributed by atoms with Crippen molar-refractivity contribution in [2.45, 2.75) is 13.0 Å². The van der Waals surface area contributed by atoms with Crippen molar-refractivity contribution in [1.82, 2.24) is 0 Å². The number of aliphatic carboxylic acids is 1. The summed E-state index contributed by atoms with van der Waals surface area (Å²) < 4.78 is 4.27. The summed E-state index contributed by atoms with van der Waals surface area (Å²) in [6.45, 7) is 7.19. The van der Waals surface area contributed by atoms with Crippen LogP contribution in [-0.2, 0) is 14.3 Å². The molecule has 0 atom stereocenters. The highest BCUT2D eigenvalue weighted by Gasteiger charge is 1.95. The minimum absolute atomic E-state index is 0.347. The van der Waals surface area contributed by atoms with E-state index >= 15 is 0 Å². The van der Waals surface area contributed by atoms with Crippen LogP contribution in [0, 0.1) is 0 Å². The third-order valence-corrected chi connectivity index (χ3v) is 1.13. The molecule has 0 aromatic heterocycles. The minimum atomic E-state index is -0.981. The lowest BCUT2D eigenvalue weighted by Gasteiger charge is -1.96. The van der Waals surface area contributed by atoms with Gasteiger partial charge >= 0.3 is 11.9 Å². The molecule has 0 fully saturated rings. The van der Waals surface area contributed by atoms with Crippen LogP contribution in [0.25, 0.3) is 0 Å². The van der Waals surface area contributed by atoms with Crippen molar-refractivity contribution in [1.29, 1.82) is 0 Å². The summed E-state index contributed by atoms with van der Waals surface area (Å²) >= 11 is 0. The van der Waals surface area contributed by atoms with Gasteiger partial charge in [0.05, 0.1) is 20.3 Å². The maximum atomic E-state index is 10.2.